The summed E-state index contributed by atoms with van der Waals surface area (Å²) in [7, 11) is 6.51. The number of aliphatic carboxylic acids is 1. The van der Waals surface area contributed by atoms with Crippen LogP contribution < -0.4 is 16.0 Å². The van der Waals surface area contributed by atoms with Gasteiger partial charge in [0.05, 0.1) is 42.7 Å². The maximum Gasteiger partial charge on any atom is 0.326 e. The molecule has 2 heterocycles. The van der Waals surface area contributed by atoms with Gasteiger partial charge in [-0.15, -0.1) is 11.3 Å². The monoisotopic (exact) mass is 749 g/mol. The van der Waals surface area contributed by atoms with Crippen molar-refractivity contribution in [3.8, 4) is 0 Å². The molecule has 2 aliphatic rings. The quantitative estimate of drug-likeness (QED) is 0.148. The fraction of sp³-hybridized carbons (Fsp3) is 0.763. The summed E-state index contributed by atoms with van der Waals surface area (Å²) in [5.41, 5.74) is 0. The molecule has 0 bridgehead atoms. The van der Waals surface area contributed by atoms with Crippen molar-refractivity contribution in [2.75, 3.05) is 28.3 Å². The van der Waals surface area contributed by atoms with Crippen LogP contribution in [-0.4, -0.2) is 121 Å². The number of piperidine rings is 1. The summed E-state index contributed by atoms with van der Waals surface area (Å²) >= 11 is 1.43. The lowest BCUT2D eigenvalue weighted by Gasteiger charge is -2.41. The van der Waals surface area contributed by atoms with Crippen LogP contribution in [0.4, 0.5) is 0 Å². The molecule has 1 aliphatic heterocycles. The van der Waals surface area contributed by atoms with Crippen LogP contribution in [0.2, 0.25) is 0 Å². The van der Waals surface area contributed by atoms with E-state index in [1.165, 1.54) is 18.4 Å². The maximum absolute atomic E-state index is 14.3. The van der Waals surface area contributed by atoms with Crippen molar-refractivity contribution in [1.82, 2.24) is 25.8 Å². The van der Waals surface area contributed by atoms with Gasteiger partial charge in [-0.3, -0.25) is 19.2 Å². The molecule has 4 amide bonds. The fourth-order valence-corrected chi connectivity index (χ4v) is 8.64. The summed E-state index contributed by atoms with van der Waals surface area (Å²) < 4.78 is 11.9. The third-order valence-electron chi connectivity index (χ3n) is 11.2. The molecule has 52 heavy (non-hydrogen) atoms. The van der Waals surface area contributed by atoms with Gasteiger partial charge < -0.3 is 40.3 Å². The number of thiophene rings is 1. The number of carboxylic acids is 1. The molecule has 1 aromatic heterocycles. The normalized spacial score (nSPS) is 22.8. The molecule has 3 rings (SSSR count). The average molecular weight is 750 g/mol. The van der Waals surface area contributed by atoms with E-state index in [1.54, 1.807) is 33.0 Å². The summed E-state index contributed by atoms with van der Waals surface area (Å²) in [5, 5.41) is 20.4. The van der Waals surface area contributed by atoms with Crippen molar-refractivity contribution in [3.63, 3.8) is 0 Å². The first-order valence-electron chi connectivity index (χ1n) is 18.7. The number of carbonyl (C=O) groups is 5. The number of nitrogens with one attached hydrogen (secondary N) is 3. The predicted molar refractivity (Wildman–Crippen MR) is 201 cm³/mol. The molecule has 0 unspecified atom stereocenters. The number of ether oxygens (including phenoxy) is 2. The predicted octanol–water partition coefficient (Wildman–Crippen LogP) is 3.16. The first kappa shape index (κ1) is 43.3. The van der Waals surface area contributed by atoms with Crippen LogP contribution in [0.5, 0.6) is 0 Å². The van der Waals surface area contributed by atoms with Gasteiger partial charge in [0, 0.05) is 38.6 Å². The second-order valence-electron chi connectivity index (χ2n) is 15.4. The number of amides is 4. The Balaban J connectivity index is 1.80. The SMILES string of the molecule is CC[C@H](C)[C@@H]([C@@H](CC(=O)N1[C@H]2C[C@H]2C[C@H]1[C@H](OC)[C@@H](C)C(=O)N[C@@H](Cc1cccs1)C(=O)O)OC)N(C)C(=O)[C@@H](NC(=O)[C@@H](NC)C(C)C)C(C)C. The van der Waals surface area contributed by atoms with Gasteiger partial charge in [0.25, 0.3) is 0 Å². The minimum absolute atomic E-state index is 0.00957. The molecule has 294 valence electrons. The summed E-state index contributed by atoms with van der Waals surface area (Å²) in [6, 6.07) is 0.523. The van der Waals surface area contributed by atoms with Gasteiger partial charge in [0.2, 0.25) is 23.6 Å². The van der Waals surface area contributed by atoms with Gasteiger partial charge in [0.1, 0.15) is 12.1 Å². The summed E-state index contributed by atoms with van der Waals surface area (Å²) in [5.74, 6) is -2.84. The Labute approximate surface area is 313 Å². The van der Waals surface area contributed by atoms with E-state index in [-0.39, 0.29) is 60.4 Å². The molecule has 4 N–H and O–H groups in total. The molecule has 11 atom stereocenters. The molecule has 1 aromatic rings. The first-order valence-corrected chi connectivity index (χ1v) is 19.6. The highest BCUT2D eigenvalue weighted by atomic mass is 32.1. The number of likely N-dealkylation sites (tertiary alicyclic amines) is 1. The van der Waals surface area contributed by atoms with Crippen molar-refractivity contribution in [2.24, 2.45) is 29.6 Å². The second-order valence-corrected chi connectivity index (χ2v) is 16.4. The van der Waals surface area contributed by atoms with E-state index in [1.807, 2.05) is 64.0 Å². The van der Waals surface area contributed by atoms with E-state index < -0.39 is 54.2 Å². The van der Waals surface area contributed by atoms with Gasteiger partial charge in [-0.05, 0) is 55.0 Å². The number of nitrogens with zero attached hydrogens (tertiary/aromatic N) is 2. The van der Waals surface area contributed by atoms with Crippen LogP contribution in [0, 0.1) is 29.6 Å². The van der Waals surface area contributed by atoms with Gasteiger partial charge >= 0.3 is 5.97 Å². The van der Waals surface area contributed by atoms with E-state index in [0.29, 0.717) is 12.3 Å². The third kappa shape index (κ3) is 10.3. The molecule has 13 nitrogen and oxygen atoms in total. The minimum Gasteiger partial charge on any atom is -0.480 e. The molecule has 0 radical (unpaired) electrons. The molecule has 14 heteroatoms. The first-order chi connectivity index (χ1) is 24.5. The molecular weight excluding hydrogens is 687 g/mol. The van der Waals surface area contributed by atoms with Gasteiger partial charge in [0.15, 0.2) is 0 Å². The van der Waals surface area contributed by atoms with Gasteiger partial charge in [-0.2, -0.15) is 0 Å². The van der Waals surface area contributed by atoms with Crippen molar-refractivity contribution in [3.05, 3.63) is 22.4 Å². The summed E-state index contributed by atoms with van der Waals surface area (Å²) in [6.07, 6.45) is 1.15. The van der Waals surface area contributed by atoms with Gasteiger partial charge in [-0.1, -0.05) is 61.0 Å². The Morgan fingerprint density at radius 3 is 2.13 bits per heavy atom. The topological polar surface area (TPSA) is 167 Å². The van der Waals surface area contributed by atoms with Crippen LogP contribution in [0.3, 0.4) is 0 Å². The number of fused-ring (bicyclic) bond motifs is 1. The number of likely N-dealkylation sites (N-methyl/N-ethyl adjacent to an activating group) is 2. The third-order valence-corrected chi connectivity index (χ3v) is 12.1. The Morgan fingerprint density at radius 1 is 0.981 bits per heavy atom. The van der Waals surface area contributed by atoms with Crippen LogP contribution in [0.15, 0.2) is 17.5 Å². The molecular formula is C38H63N5O8S. The molecule has 0 aromatic carbocycles. The van der Waals surface area contributed by atoms with E-state index in [9.17, 15) is 29.1 Å². The smallest absolute Gasteiger partial charge is 0.326 e. The Hall–Kier alpha value is -3.07. The lowest BCUT2D eigenvalue weighted by molar-refractivity contribution is -0.149. The highest BCUT2D eigenvalue weighted by molar-refractivity contribution is 7.09. The number of hydrogen-bond donors (Lipinski definition) is 4. The largest absolute Gasteiger partial charge is 0.480 e. The number of rotatable bonds is 21. The highest BCUT2D eigenvalue weighted by Gasteiger charge is 2.57. The van der Waals surface area contributed by atoms with Crippen LogP contribution in [0.25, 0.3) is 0 Å². The van der Waals surface area contributed by atoms with Crippen LogP contribution >= 0.6 is 11.3 Å². The highest BCUT2D eigenvalue weighted by Crippen LogP contribution is 2.50. The number of methoxy groups -OCH3 is 2. The minimum atomic E-state index is -1.12. The van der Waals surface area contributed by atoms with Crippen LogP contribution in [0.1, 0.15) is 79.0 Å². The zero-order valence-electron chi connectivity index (χ0n) is 32.9. The summed E-state index contributed by atoms with van der Waals surface area (Å²) in [4.78, 5) is 71.6. The van der Waals surface area contributed by atoms with Crippen molar-refractivity contribution >= 4 is 40.9 Å². The standard InChI is InChI=1S/C38H63N5O8S/c1-12-22(6)33(42(9)37(47)32(21(4)5)41-36(46)31(39-8)20(2)3)29(50-10)19-30(44)43-27-16-24(27)17-28(43)34(51-11)23(7)35(45)40-26(38(48)49)18-25-14-13-15-52-25/h13-15,20-24,26-29,31-34,39H,12,16-19H2,1-11H3,(H,40,45)(H,41,46)(H,48,49)/t22-,23+,24-,26-,27-,28-,29+,31-,32-,33-,34+/m0/s1. The zero-order chi connectivity index (χ0) is 39.0. The van der Waals surface area contributed by atoms with E-state index in [4.69, 9.17) is 9.47 Å². The number of carbonyl (C=O) groups excluding carboxylic acids is 4. The van der Waals surface area contributed by atoms with E-state index in [0.717, 1.165) is 17.7 Å². The van der Waals surface area contributed by atoms with Crippen molar-refractivity contribution < 1.29 is 38.6 Å². The van der Waals surface area contributed by atoms with E-state index >= 15 is 0 Å². The van der Waals surface area contributed by atoms with Gasteiger partial charge in [-0.25, -0.2) is 4.79 Å². The number of carboxylic acid groups (broad SMARTS) is 1. The van der Waals surface area contributed by atoms with E-state index in [2.05, 4.69) is 16.0 Å². The number of hydrogen-bond acceptors (Lipinski definition) is 9. The van der Waals surface area contributed by atoms with Crippen LogP contribution in [-0.2, 0) is 39.9 Å². The second kappa shape index (κ2) is 19.3. The average Bonchev–Trinajstić information content (AvgIpc) is 3.45. The zero-order valence-corrected chi connectivity index (χ0v) is 33.7. The Morgan fingerprint density at radius 2 is 1.63 bits per heavy atom. The lowest BCUT2D eigenvalue weighted by atomic mass is 9.89. The Bertz CT molecular complexity index is 1360. The molecule has 1 saturated carbocycles. The molecule has 1 saturated heterocycles. The fourth-order valence-electron chi connectivity index (χ4n) is 7.88. The lowest BCUT2D eigenvalue weighted by Crippen LogP contribution is -2.59. The van der Waals surface area contributed by atoms with Crippen molar-refractivity contribution in [2.45, 2.75) is 129 Å². The molecule has 2 fully saturated rings. The molecule has 0 spiro atoms. The summed E-state index contributed by atoms with van der Waals surface area (Å²) in [6.45, 7) is 13.5. The Kier molecular flexibility index (Phi) is 16.1. The molecule has 1 aliphatic carbocycles. The van der Waals surface area contributed by atoms with Crippen molar-refractivity contribution in [1.29, 1.82) is 0 Å². The maximum atomic E-state index is 14.3.